The summed E-state index contributed by atoms with van der Waals surface area (Å²) in [4.78, 5) is 24.3. The minimum absolute atomic E-state index is 0.0516. The molecule has 0 aromatic carbocycles. The van der Waals surface area contributed by atoms with E-state index < -0.39 is 19.0 Å². The number of fused-ring (bicyclic) bond motifs is 5. The number of carbonyl (C=O) groups is 2. The summed E-state index contributed by atoms with van der Waals surface area (Å²) < 4.78 is 31.1. The molecular weight excluding hydrogens is 402 g/mol. The van der Waals surface area contributed by atoms with Crippen molar-refractivity contribution in [2.45, 2.75) is 104 Å². The van der Waals surface area contributed by atoms with Crippen LogP contribution in [-0.2, 0) is 14.3 Å². The van der Waals surface area contributed by atoms with E-state index in [0.717, 1.165) is 57.8 Å². The van der Waals surface area contributed by atoms with E-state index in [4.69, 9.17) is 4.74 Å². The van der Waals surface area contributed by atoms with Gasteiger partial charge in [0.25, 0.3) is 6.43 Å². The van der Waals surface area contributed by atoms with E-state index in [-0.39, 0.29) is 34.6 Å². The van der Waals surface area contributed by atoms with Crippen molar-refractivity contribution in [2.75, 3.05) is 0 Å². The molecule has 0 amide bonds. The van der Waals surface area contributed by atoms with Gasteiger partial charge in [0.05, 0.1) is 0 Å². The van der Waals surface area contributed by atoms with Crippen LogP contribution in [0.3, 0.4) is 0 Å². The average molecular weight is 441 g/mol. The fourth-order valence-electron chi connectivity index (χ4n) is 8.53. The minimum Gasteiger partial charge on any atom is -0.463 e. The quantitative estimate of drug-likeness (QED) is 0.600. The fourth-order valence-corrected chi connectivity index (χ4v) is 8.53. The van der Waals surface area contributed by atoms with Crippen LogP contribution in [0.4, 0.5) is 8.78 Å². The molecule has 0 saturated heterocycles. The van der Waals surface area contributed by atoms with Gasteiger partial charge in [0.15, 0.2) is 0 Å². The zero-order valence-corrected chi connectivity index (χ0v) is 19.1. The Labute approximate surface area is 184 Å². The van der Waals surface area contributed by atoms with Crippen LogP contribution in [0.25, 0.3) is 0 Å². The Morgan fingerprint density at radius 1 is 1.00 bits per heavy atom. The summed E-state index contributed by atoms with van der Waals surface area (Å²) in [7, 11) is 0. The molecule has 0 bridgehead atoms. The molecule has 0 radical (unpaired) electrons. The van der Waals surface area contributed by atoms with Gasteiger partial charge in [-0.3, -0.25) is 9.59 Å². The summed E-state index contributed by atoms with van der Waals surface area (Å²) in [6.45, 7) is 6.15. The molecule has 4 aliphatic rings. The topological polar surface area (TPSA) is 63.6 Å². The van der Waals surface area contributed by atoms with Crippen LogP contribution in [0.15, 0.2) is 0 Å². The van der Waals surface area contributed by atoms with Crippen LogP contribution < -0.4 is 0 Å². The molecule has 0 heterocycles. The number of aliphatic hydroxyl groups excluding tert-OH is 1. The van der Waals surface area contributed by atoms with Gasteiger partial charge >= 0.3 is 5.97 Å². The van der Waals surface area contributed by atoms with Crippen LogP contribution in [-0.4, -0.2) is 35.5 Å². The first-order chi connectivity index (χ1) is 14.6. The van der Waals surface area contributed by atoms with Crippen molar-refractivity contribution in [3.8, 4) is 0 Å². The maximum absolute atomic E-state index is 12.9. The molecule has 4 aliphatic carbocycles. The summed E-state index contributed by atoms with van der Waals surface area (Å²) in [6.07, 6.45) is 4.04. The van der Waals surface area contributed by atoms with Gasteiger partial charge in [0.2, 0.25) is 0 Å². The number of alkyl halides is 2. The van der Waals surface area contributed by atoms with E-state index in [1.165, 1.54) is 6.92 Å². The van der Waals surface area contributed by atoms with E-state index >= 15 is 0 Å². The Hall–Kier alpha value is -1.04. The third-order valence-electron chi connectivity index (χ3n) is 10.0. The fraction of sp³-hybridized carbons (Fsp3) is 0.920. The molecule has 0 spiro atoms. The predicted octanol–water partition coefficient (Wildman–Crippen LogP) is 5.16. The molecule has 9 unspecified atom stereocenters. The monoisotopic (exact) mass is 440 g/mol. The Kier molecular flexibility index (Phi) is 6.26. The van der Waals surface area contributed by atoms with Crippen LogP contribution in [0.1, 0.15) is 85.0 Å². The highest BCUT2D eigenvalue weighted by atomic mass is 19.3. The van der Waals surface area contributed by atoms with Gasteiger partial charge in [-0.25, -0.2) is 8.78 Å². The van der Waals surface area contributed by atoms with Crippen LogP contribution in [0, 0.1) is 40.4 Å². The van der Waals surface area contributed by atoms with Gasteiger partial charge in [-0.05, 0) is 92.3 Å². The number of ether oxygens (including phenoxy) is 1. The molecule has 4 nitrogen and oxygen atoms in total. The predicted molar refractivity (Wildman–Crippen MR) is 112 cm³/mol. The highest BCUT2D eigenvalue weighted by molar-refractivity contribution is 5.82. The maximum Gasteiger partial charge on any atom is 0.302 e. The van der Waals surface area contributed by atoms with Crippen molar-refractivity contribution in [1.82, 2.24) is 0 Å². The summed E-state index contributed by atoms with van der Waals surface area (Å²) in [6, 6.07) is 0. The zero-order valence-electron chi connectivity index (χ0n) is 19.1. The highest BCUT2D eigenvalue weighted by Gasteiger charge is 2.61. The number of carbonyl (C=O) groups excluding carboxylic acids is 2. The molecule has 0 aliphatic heterocycles. The van der Waals surface area contributed by atoms with Gasteiger partial charge < -0.3 is 9.84 Å². The van der Waals surface area contributed by atoms with Crippen LogP contribution >= 0.6 is 0 Å². The number of ketones is 1. The van der Waals surface area contributed by atoms with Crippen molar-refractivity contribution < 1.29 is 28.2 Å². The van der Waals surface area contributed by atoms with E-state index in [1.54, 1.807) is 0 Å². The second-order valence-electron chi connectivity index (χ2n) is 11.4. The lowest BCUT2D eigenvalue weighted by Crippen LogP contribution is -2.54. The average Bonchev–Trinajstić information content (AvgIpc) is 3.05. The molecule has 1 N–H and O–H groups in total. The molecule has 4 rings (SSSR count). The third kappa shape index (κ3) is 3.95. The van der Waals surface area contributed by atoms with Crippen molar-refractivity contribution in [3.05, 3.63) is 0 Å². The summed E-state index contributed by atoms with van der Waals surface area (Å²) in [5, 5.41) is 9.56. The Morgan fingerprint density at radius 3 is 2.35 bits per heavy atom. The molecule has 4 saturated carbocycles. The van der Waals surface area contributed by atoms with E-state index in [9.17, 15) is 23.5 Å². The Balaban J connectivity index is 1.47. The van der Waals surface area contributed by atoms with Gasteiger partial charge in [-0.2, -0.15) is 0 Å². The van der Waals surface area contributed by atoms with Crippen molar-refractivity contribution in [3.63, 3.8) is 0 Å². The largest absolute Gasteiger partial charge is 0.463 e. The number of halogens is 2. The molecule has 0 aromatic heterocycles. The van der Waals surface area contributed by atoms with Gasteiger partial charge in [-0.15, -0.1) is 0 Å². The first-order valence-corrected chi connectivity index (χ1v) is 12.2. The standard InChI is InChI=1S/C25H38F2O4/c1-14(28)31-16-8-10-24(2)15(12-16)4-5-17-18-6-7-20(21(29)13-22(30)23(26)27)25(18,3)11-9-19(17)24/h15-20,22-23,30H,4-13H2,1-3H3. The first-order valence-electron chi connectivity index (χ1n) is 12.2. The molecule has 4 fully saturated rings. The molecular formula is C25H38F2O4. The normalized spacial score (nSPS) is 45.4. The highest BCUT2D eigenvalue weighted by Crippen LogP contribution is 2.67. The Morgan fingerprint density at radius 2 is 1.68 bits per heavy atom. The minimum atomic E-state index is -2.86. The summed E-state index contributed by atoms with van der Waals surface area (Å²) in [5.74, 6) is 1.71. The molecule has 0 aromatic rings. The van der Waals surface area contributed by atoms with Gasteiger partial charge in [0, 0.05) is 19.3 Å². The number of Topliss-reactive ketones (excluding diaryl/α,β-unsaturated/α-hetero) is 1. The second-order valence-corrected chi connectivity index (χ2v) is 11.4. The lowest BCUT2D eigenvalue weighted by atomic mass is 9.44. The third-order valence-corrected chi connectivity index (χ3v) is 10.0. The molecule has 176 valence electrons. The molecule has 9 atom stereocenters. The van der Waals surface area contributed by atoms with Crippen molar-refractivity contribution in [2.24, 2.45) is 40.4 Å². The maximum atomic E-state index is 12.9. The number of esters is 1. The van der Waals surface area contributed by atoms with Crippen LogP contribution in [0.5, 0.6) is 0 Å². The first kappa shape index (κ1) is 23.1. The SMILES string of the molecule is CC(=O)OC1CCC2(C)C(CCC3C2CCC2(C)C(C(=O)CC(O)C(F)F)CCC32)C1. The molecule has 6 heteroatoms. The summed E-state index contributed by atoms with van der Waals surface area (Å²) >= 11 is 0. The number of hydrogen-bond acceptors (Lipinski definition) is 4. The smallest absolute Gasteiger partial charge is 0.302 e. The van der Waals surface area contributed by atoms with Crippen molar-refractivity contribution in [1.29, 1.82) is 0 Å². The lowest BCUT2D eigenvalue weighted by molar-refractivity contribution is -0.161. The Bertz CT molecular complexity index is 712. The van der Waals surface area contributed by atoms with E-state index in [0.29, 0.717) is 23.7 Å². The number of aliphatic hydroxyl groups is 1. The lowest BCUT2D eigenvalue weighted by Gasteiger charge is -2.61. The van der Waals surface area contributed by atoms with Crippen LogP contribution in [0.2, 0.25) is 0 Å². The number of rotatable bonds is 5. The van der Waals surface area contributed by atoms with Gasteiger partial charge in [-0.1, -0.05) is 13.8 Å². The molecule has 31 heavy (non-hydrogen) atoms. The van der Waals surface area contributed by atoms with E-state index in [2.05, 4.69) is 13.8 Å². The van der Waals surface area contributed by atoms with E-state index in [1.807, 2.05) is 0 Å². The van der Waals surface area contributed by atoms with Gasteiger partial charge in [0.1, 0.15) is 18.0 Å². The zero-order chi connectivity index (χ0) is 22.6. The second kappa shape index (κ2) is 8.39. The number of hydrogen-bond donors (Lipinski definition) is 1. The van der Waals surface area contributed by atoms with Crippen molar-refractivity contribution >= 4 is 11.8 Å². The summed E-state index contributed by atoms with van der Waals surface area (Å²) in [5.41, 5.74) is 0.132.